The lowest BCUT2D eigenvalue weighted by Crippen LogP contribution is -2.00. The van der Waals surface area contributed by atoms with Gasteiger partial charge in [0.1, 0.15) is 0 Å². The minimum Gasteiger partial charge on any atom is -0.381 e. The van der Waals surface area contributed by atoms with E-state index in [1.165, 1.54) is 5.56 Å². The van der Waals surface area contributed by atoms with Crippen LogP contribution in [0.5, 0.6) is 0 Å². The summed E-state index contributed by atoms with van der Waals surface area (Å²) in [6, 6.07) is 13.1. The number of nitro groups is 1. The summed E-state index contributed by atoms with van der Waals surface area (Å²) >= 11 is 3.17. The van der Waals surface area contributed by atoms with E-state index in [2.05, 4.69) is 21.2 Å². The first kappa shape index (κ1) is 13.5. The van der Waals surface area contributed by atoms with Gasteiger partial charge in [-0.1, -0.05) is 18.2 Å². The van der Waals surface area contributed by atoms with E-state index in [0.717, 1.165) is 11.3 Å². The van der Waals surface area contributed by atoms with Gasteiger partial charge in [0.15, 0.2) is 0 Å². The number of nitro benzene ring substituents is 1. The Bertz CT molecular complexity index is 614. The zero-order chi connectivity index (χ0) is 13.8. The van der Waals surface area contributed by atoms with E-state index in [-0.39, 0.29) is 10.6 Å². The van der Waals surface area contributed by atoms with Crippen LogP contribution < -0.4 is 5.32 Å². The van der Waals surface area contributed by atoms with Crippen LogP contribution in [0.25, 0.3) is 0 Å². The maximum Gasteiger partial charge on any atom is 0.283 e. The van der Waals surface area contributed by atoms with Crippen molar-refractivity contribution < 1.29 is 4.92 Å². The van der Waals surface area contributed by atoms with Gasteiger partial charge in [-0.25, -0.2) is 0 Å². The minimum absolute atomic E-state index is 0.0866. The Hall–Kier alpha value is -1.88. The van der Waals surface area contributed by atoms with Crippen LogP contribution in [0.1, 0.15) is 11.1 Å². The van der Waals surface area contributed by atoms with E-state index in [1.807, 2.05) is 37.3 Å². The molecule has 0 fully saturated rings. The number of halogens is 1. The highest BCUT2D eigenvalue weighted by molar-refractivity contribution is 9.10. The average Bonchev–Trinajstić information content (AvgIpc) is 2.37. The molecule has 0 amide bonds. The van der Waals surface area contributed by atoms with Crippen molar-refractivity contribution in [3.8, 4) is 0 Å². The second kappa shape index (κ2) is 5.84. The summed E-state index contributed by atoms with van der Waals surface area (Å²) in [5, 5.41) is 14.1. The molecule has 1 N–H and O–H groups in total. The molecule has 2 aromatic rings. The Morgan fingerprint density at radius 2 is 2.05 bits per heavy atom. The molecule has 5 heteroatoms. The molecular formula is C14H13BrN2O2. The highest BCUT2D eigenvalue weighted by atomic mass is 79.9. The molecule has 0 aromatic heterocycles. The Morgan fingerprint density at radius 3 is 2.74 bits per heavy atom. The molecule has 0 spiro atoms. The van der Waals surface area contributed by atoms with Gasteiger partial charge < -0.3 is 5.32 Å². The van der Waals surface area contributed by atoms with Crippen molar-refractivity contribution in [3.63, 3.8) is 0 Å². The first-order valence-corrected chi connectivity index (χ1v) is 6.59. The van der Waals surface area contributed by atoms with Crippen molar-refractivity contribution >= 4 is 27.3 Å². The molecule has 0 heterocycles. The quantitative estimate of drug-likeness (QED) is 0.675. The highest BCUT2D eigenvalue weighted by Gasteiger charge is 2.11. The second-order valence-corrected chi connectivity index (χ2v) is 5.12. The predicted molar refractivity (Wildman–Crippen MR) is 79.3 cm³/mol. The summed E-state index contributed by atoms with van der Waals surface area (Å²) in [5.74, 6) is 0. The van der Waals surface area contributed by atoms with E-state index in [0.29, 0.717) is 11.0 Å². The standard InChI is InChI=1S/C14H13BrN2O2/c1-10-3-2-4-12(7-10)16-9-11-5-6-13(15)14(8-11)17(18)19/h2-8,16H,9H2,1H3. The lowest BCUT2D eigenvalue weighted by molar-refractivity contribution is -0.385. The Labute approximate surface area is 119 Å². The topological polar surface area (TPSA) is 55.2 Å². The largest absolute Gasteiger partial charge is 0.381 e. The van der Waals surface area contributed by atoms with Crippen LogP contribution in [0.15, 0.2) is 46.9 Å². The van der Waals surface area contributed by atoms with Gasteiger partial charge in [0.25, 0.3) is 5.69 Å². The molecule has 2 rings (SSSR count). The summed E-state index contributed by atoms with van der Waals surface area (Å²) in [5.41, 5.74) is 3.14. The summed E-state index contributed by atoms with van der Waals surface area (Å²) < 4.78 is 0.497. The van der Waals surface area contributed by atoms with Gasteiger partial charge in [-0.05, 0) is 52.2 Å². The number of nitrogens with zero attached hydrogens (tertiary/aromatic N) is 1. The first-order valence-electron chi connectivity index (χ1n) is 5.79. The van der Waals surface area contributed by atoms with Crippen LogP contribution in [-0.4, -0.2) is 4.92 Å². The monoisotopic (exact) mass is 320 g/mol. The number of anilines is 1. The Morgan fingerprint density at radius 1 is 1.26 bits per heavy atom. The molecule has 0 radical (unpaired) electrons. The van der Waals surface area contributed by atoms with Gasteiger partial charge >= 0.3 is 0 Å². The molecule has 98 valence electrons. The minimum atomic E-state index is -0.389. The Kier molecular flexibility index (Phi) is 4.16. The molecule has 0 unspecified atom stereocenters. The van der Waals surface area contributed by atoms with E-state index in [1.54, 1.807) is 12.1 Å². The fraction of sp³-hybridized carbons (Fsp3) is 0.143. The molecule has 0 saturated heterocycles. The van der Waals surface area contributed by atoms with Crippen molar-refractivity contribution in [2.24, 2.45) is 0 Å². The summed E-state index contributed by atoms with van der Waals surface area (Å²) in [6.07, 6.45) is 0. The third-order valence-electron chi connectivity index (χ3n) is 2.72. The van der Waals surface area contributed by atoms with Crippen LogP contribution in [0, 0.1) is 17.0 Å². The maximum atomic E-state index is 10.8. The van der Waals surface area contributed by atoms with Gasteiger partial charge in [0.05, 0.1) is 9.40 Å². The van der Waals surface area contributed by atoms with E-state index >= 15 is 0 Å². The normalized spacial score (nSPS) is 10.2. The van der Waals surface area contributed by atoms with Crippen LogP contribution in [0.4, 0.5) is 11.4 Å². The van der Waals surface area contributed by atoms with Crippen LogP contribution in [-0.2, 0) is 6.54 Å². The molecule has 0 aliphatic carbocycles. The second-order valence-electron chi connectivity index (χ2n) is 4.27. The SMILES string of the molecule is Cc1cccc(NCc2ccc(Br)c([N+](=O)[O-])c2)c1. The number of hydrogen-bond acceptors (Lipinski definition) is 3. The van der Waals surface area contributed by atoms with Crippen LogP contribution in [0.2, 0.25) is 0 Å². The lowest BCUT2D eigenvalue weighted by atomic mass is 10.2. The van der Waals surface area contributed by atoms with Crippen LogP contribution >= 0.6 is 15.9 Å². The highest BCUT2D eigenvalue weighted by Crippen LogP contribution is 2.26. The van der Waals surface area contributed by atoms with Gasteiger partial charge in [-0.3, -0.25) is 10.1 Å². The molecule has 0 atom stereocenters. The van der Waals surface area contributed by atoms with Gasteiger partial charge in [0, 0.05) is 18.3 Å². The fourth-order valence-electron chi connectivity index (χ4n) is 1.77. The van der Waals surface area contributed by atoms with Gasteiger partial charge in [-0.15, -0.1) is 0 Å². The zero-order valence-electron chi connectivity index (χ0n) is 10.4. The predicted octanol–water partition coefficient (Wildman–Crippen LogP) is 4.28. The van der Waals surface area contributed by atoms with Crippen molar-refractivity contribution in [1.29, 1.82) is 0 Å². The Balaban J connectivity index is 2.12. The molecule has 0 aliphatic heterocycles. The van der Waals surface area contributed by atoms with Gasteiger partial charge in [0.2, 0.25) is 0 Å². The molecular weight excluding hydrogens is 308 g/mol. The number of rotatable bonds is 4. The van der Waals surface area contributed by atoms with Crippen molar-refractivity contribution in [2.75, 3.05) is 5.32 Å². The van der Waals surface area contributed by atoms with Gasteiger partial charge in [-0.2, -0.15) is 0 Å². The molecule has 19 heavy (non-hydrogen) atoms. The fourth-order valence-corrected chi connectivity index (χ4v) is 2.16. The summed E-state index contributed by atoms with van der Waals surface area (Å²) in [7, 11) is 0. The van der Waals surface area contributed by atoms with E-state index in [9.17, 15) is 10.1 Å². The lowest BCUT2D eigenvalue weighted by Gasteiger charge is -2.07. The zero-order valence-corrected chi connectivity index (χ0v) is 12.0. The molecule has 0 bridgehead atoms. The number of nitrogens with one attached hydrogen (secondary N) is 1. The average molecular weight is 321 g/mol. The van der Waals surface area contributed by atoms with Crippen molar-refractivity contribution in [3.05, 3.63) is 68.2 Å². The smallest absolute Gasteiger partial charge is 0.283 e. The van der Waals surface area contributed by atoms with E-state index < -0.39 is 0 Å². The number of hydrogen-bond donors (Lipinski definition) is 1. The van der Waals surface area contributed by atoms with Crippen LogP contribution in [0.3, 0.4) is 0 Å². The number of benzene rings is 2. The third kappa shape index (κ3) is 3.54. The summed E-state index contributed by atoms with van der Waals surface area (Å²) in [6.45, 7) is 2.58. The van der Waals surface area contributed by atoms with Crippen molar-refractivity contribution in [2.45, 2.75) is 13.5 Å². The maximum absolute atomic E-state index is 10.8. The molecule has 0 aliphatic rings. The third-order valence-corrected chi connectivity index (χ3v) is 3.39. The first-order chi connectivity index (χ1) is 9.06. The number of aryl methyl sites for hydroxylation is 1. The molecule has 4 nitrogen and oxygen atoms in total. The molecule has 0 saturated carbocycles. The van der Waals surface area contributed by atoms with E-state index in [4.69, 9.17) is 0 Å². The molecule has 2 aromatic carbocycles. The summed E-state index contributed by atoms with van der Waals surface area (Å²) in [4.78, 5) is 10.5. The van der Waals surface area contributed by atoms with Crippen molar-refractivity contribution in [1.82, 2.24) is 0 Å².